The van der Waals surface area contributed by atoms with E-state index in [1.807, 2.05) is 38.1 Å². The van der Waals surface area contributed by atoms with Gasteiger partial charge in [-0.3, -0.25) is 4.57 Å². The van der Waals surface area contributed by atoms with Crippen LogP contribution in [0.4, 0.5) is 0 Å². The van der Waals surface area contributed by atoms with Crippen molar-refractivity contribution in [2.45, 2.75) is 33.6 Å². The zero-order valence-electron chi connectivity index (χ0n) is 20.3. The van der Waals surface area contributed by atoms with Crippen LogP contribution in [-0.4, -0.2) is 14.8 Å². The number of aromatic nitrogens is 3. The monoisotopic (exact) mass is 445 g/mol. The molecule has 0 saturated heterocycles. The molecule has 34 heavy (non-hydrogen) atoms. The second-order valence-corrected chi connectivity index (χ2v) is 8.24. The fourth-order valence-electron chi connectivity index (χ4n) is 3.94. The predicted octanol–water partition coefficient (Wildman–Crippen LogP) is 8.42. The molecule has 4 aromatic carbocycles. The van der Waals surface area contributed by atoms with E-state index in [1.54, 1.807) is 0 Å². The van der Waals surface area contributed by atoms with E-state index in [4.69, 9.17) is 0 Å². The van der Waals surface area contributed by atoms with E-state index < -0.39 is 0 Å². The summed E-state index contributed by atoms with van der Waals surface area (Å²) in [5.74, 6) is 2.17. The average molecular weight is 446 g/mol. The molecule has 0 amide bonds. The van der Waals surface area contributed by atoms with Crippen LogP contribution in [0.3, 0.4) is 0 Å². The van der Waals surface area contributed by atoms with Crippen LogP contribution in [0, 0.1) is 0 Å². The summed E-state index contributed by atoms with van der Waals surface area (Å²) in [6, 6.07) is 37.9. The van der Waals surface area contributed by atoms with Gasteiger partial charge in [-0.2, -0.15) is 0 Å². The summed E-state index contributed by atoms with van der Waals surface area (Å²) in [4.78, 5) is 0. The largest absolute Gasteiger partial charge is 0.275 e. The van der Waals surface area contributed by atoms with Crippen LogP contribution in [0.1, 0.15) is 39.2 Å². The van der Waals surface area contributed by atoms with Gasteiger partial charge in [0, 0.05) is 16.8 Å². The zero-order valence-corrected chi connectivity index (χ0v) is 20.3. The van der Waals surface area contributed by atoms with Crippen LogP contribution in [0.25, 0.3) is 39.6 Å². The van der Waals surface area contributed by atoms with Crippen LogP contribution in [-0.2, 0) is 0 Å². The molecular formula is C31H31N3. The SMILES string of the molecule is CC.CC(C)c1ccc(-c2nnc(-c3ccc(-c4ccccc4)cc3)n2-c2ccccc2)cc1. The molecule has 3 heteroatoms. The van der Waals surface area contributed by atoms with Gasteiger partial charge in [-0.1, -0.05) is 125 Å². The van der Waals surface area contributed by atoms with E-state index in [9.17, 15) is 0 Å². The molecule has 0 atom stereocenters. The summed E-state index contributed by atoms with van der Waals surface area (Å²) in [5.41, 5.74) is 6.84. The smallest absolute Gasteiger partial charge is 0.168 e. The Morgan fingerprint density at radius 1 is 0.500 bits per heavy atom. The summed E-state index contributed by atoms with van der Waals surface area (Å²) in [7, 11) is 0. The van der Waals surface area contributed by atoms with E-state index in [2.05, 4.69) is 114 Å². The maximum absolute atomic E-state index is 4.61. The average Bonchev–Trinajstić information content (AvgIpc) is 3.36. The third-order valence-corrected chi connectivity index (χ3v) is 5.76. The third kappa shape index (κ3) is 4.84. The standard InChI is InChI=1S/C29H25N3.C2H6/c1-21(2)22-13-17-25(18-14-22)28-30-31-29(32(28)27-11-7-4-8-12-27)26-19-15-24(16-20-26)23-9-5-3-6-10-23;1-2/h3-21H,1-2H3;1-2H3. The van der Waals surface area contributed by atoms with Gasteiger partial charge in [0.1, 0.15) is 0 Å². The number of para-hydroxylation sites is 1. The minimum atomic E-state index is 0.495. The number of rotatable bonds is 5. The number of hydrogen-bond acceptors (Lipinski definition) is 2. The van der Waals surface area contributed by atoms with Crippen LogP contribution >= 0.6 is 0 Å². The lowest BCUT2D eigenvalue weighted by molar-refractivity contribution is 0.866. The molecule has 0 aliphatic heterocycles. The van der Waals surface area contributed by atoms with Gasteiger partial charge in [-0.05, 0) is 34.7 Å². The molecule has 0 fully saturated rings. The van der Waals surface area contributed by atoms with Gasteiger partial charge in [0.2, 0.25) is 0 Å². The van der Waals surface area contributed by atoms with Gasteiger partial charge < -0.3 is 0 Å². The Morgan fingerprint density at radius 3 is 1.41 bits per heavy atom. The Morgan fingerprint density at radius 2 is 0.912 bits per heavy atom. The first-order valence-corrected chi connectivity index (χ1v) is 12.0. The second kappa shape index (κ2) is 10.8. The van der Waals surface area contributed by atoms with Gasteiger partial charge in [0.25, 0.3) is 0 Å². The first-order chi connectivity index (χ1) is 16.7. The maximum Gasteiger partial charge on any atom is 0.168 e. The first-order valence-electron chi connectivity index (χ1n) is 12.0. The summed E-state index contributed by atoms with van der Waals surface area (Å²) >= 11 is 0. The summed E-state index contributed by atoms with van der Waals surface area (Å²) in [6.07, 6.45) is 0. The molecule has 1 heterocycles. The van der Waals surface area contributed by atoms with Crippen LogP contribution in [0.5, 0.6) is 0 Å². The molecule has 0 aliphatic rings. The third-order valence-electron chi connectivity index (χ3n) is 5.76. The highest BCUT2D eigenvalue weighted by Gasteiger charge is 2.17. The van der Waals surface area contributed by atoms with Crippen molar-refractivity contribution in [3.63, 3.8) is 0 Å². The molecule has 0 radical (unpaired) electrons. The number of hydrogen-bond donors (Lipinski definition) is 0. The molecule has 0 unspecified atom stereocenters. The Kier molecular flexibility index (Phi) is 7.34. The van der Waals surface area contributed by atoms with E-state index in [-0.39, 0.29) is 0 Å². The molecule has 0 saturated carbocycles. The molecule has 0 spiro atoms. The highest BCUT2D eigenvalue weighted by Crippen LogP contribution is 2.30. The molecule has 1 aromatic heterocycles. The Bertz CT molecular complexity index is 1300. The normalized spacial score (nSPS) is 10.6. The lowest BCUT2D eigenvalue weighted by atomic mass is 10.0. The van der Waals surface area contributed by atoms with E-state index in [0.717, 1.165) is 28.5 Å². The van der Waals surface area contributed by atoms with Crippen LogP contribution in [0.15, 0.2) is 109 Å². The number of benzene rings is 4. The molecule has 0 N–H and O–H groups in total. The fraction of sp³-hybridized carbons (Fsp3) is 0.161. The topological polar surface area (TPSA) is 30.7 Å². The minimum Gasteiger partial charge on any atom is -0.275 e. The van der Waals surface area contributed by atoms with Crippen molar-refractivity contribution in [1.82, 2.24) is 14.8 Å². The summed E-state index contributed by atoms with van der Waals surface area (Å²) in [6.45, 7) is 8.41. The van der Waals surface area contributed by atoms with Crippen molar-refractivity contribution in [2.75, 3.05) is 0 Å². The van der Waals surface area contributed by atoms with Crippen LogP contribution in [0.2, 0.25) is 0 Å². The van der Waals surface area contributed by atoms with Gasteiger partial charge in [0.15, 0.2) is 11.6 Å². The van der Waals surface area contributed by atoms with E-state index in [0.29, 0.717) is 5.92 Å². The van der Waals surface area contributed by atoms with Gasteiger partial charge in [-0.15, -0.1) is 10.2 Å². The highest BCUT2D eigenvalue weighted by atomic mass is 15.3. The Hall–Kier alpha value is -3.98. The molecule has 0 bridgehead atoms. The predicted molar refractivity (Wildman–Crippen MR) is 143 cm³/mol. The Balaban J connectivity index is 0.00000133. The fourth-order valence-corrected chi connectivity index (χ4v) is 3.94. The molecular weight excluding hydrogens is 414 g/mol. The van der Waals surface area contributed by atoms with Gasteiger partial charge >= 0.3 is 0 Å². The molecule has 0 aliphatic carbocycles. The quantitative estimate of drug-likeness (QED) is 0.272. The lowest BCUT2D eigenvalue weighted by Crippen LogP contribution is -2.00. The van der Waals surface area contributed by atoms with Gasteiger partial charge in [-0.25, -0.2) is 0 Å². The second-order valence-electron chi connectivity index (χ2n) is 8.24. The molecule has 5 rings (SSSR count). The van der Waals surface area contributed by atoms with Gasteiger partial charge in [0.05, 0.1) is 0 Å². The van der Waals surface area contributed by atoms with Crippen molar-refractivity contribution in [2.24, 2.45) is 0 Å². The van der Waals surface area contributed by atoms with Crippen molar-refractivity contribution in [1.29, 1.82) is 0 Å². The molecule has 3 nitrogen and oxygen atoms in total. The Labute approximate surface area is 202 Å². The van der Waals surface area contributed by atoms with E-state index >= 15 is 0 Å². The highest BCUT2D eigenvalue weighted by molar-refractivity contribution is 5.71. The molecule has 5 aromatic rings. The lowest BCUT2D eigenvalue weighted by Gasteiger charge is -2.12. The first kappa shape index (κ1) is 23.2. The van der Waals surface area contributed by atoms with E-state index in [1.165, 1.54) is 16.7 Å². The zero-order chi connectivity index (χ0) is 23.9. The maximum atomic E-state index is 4.61. The van der Waals surface area contributed by atoms with Crippen LogP contribution < -0.4 is 0 Å². The van der Waals surface area contributed by atoms with Crippen molar-refractivity contribution < 1.29 is 0 Å². The van der Waals surface area contributed by atoms with Crippen molar-refractivity contribution >= 4 is 0 Å². The van der Waals surface area contributed by atoms with Crippen molar-refractivity contribution in [3.8, 4) is 39.6 Å². The minimum absolute atomic E-state index is 0.495. The molecule has 170 valence electrons. The van der Waals surface area contributed by atoms with Crippen molar-refractivity contribution in [3.05, 3.63) is 115 Å². The summed E-state index contributed by atoms with van der Waals surface area (Å²) in [5, 5.41) is 9.22. The summed E-state index contributed by atoms with van der Waals surface area (Å²) < 4.78 is 2.14. The number of nitrogens with zero attached hydrogens (tertiary/aromatic N) is 3.